The lowest BCUT2D eigenvalue weighted by molar-refractivity contribution is -0.114. The highest BCUT2D eigenvalue weighted by atomic mass is 127. The van der Waals surface area contributed by atoms with Crippen molar-refractivity contribution in [2.75, 3.05) is 32.1 Å². The van der Waals surface area contributed by atoms with Gasteiger partial charge in [0.15, 0.2) is 5.96 Å². The molecule has 0 heterocycles. The zero-order valence-corrected chi connectivity index (χ0v) is 16.5. The van der Waals surface area contributed by atoms with Crippen LogP contribution in [-0.2, 0) is 9.53 Å². The first-order valence-electron chi connectivity index (χ1n) is 7.39. The van der Waals surface area contributed by atoms with Crippen LogP contribution in [0.1, 0.15) is 20.8 Å². The van der Waals surface area contributed by atoms with Gasteiger partial charge >= 0.3 is 0 Å². The van der Waals surface area contributed by atoms with Gasteiger partial charge in [0.25, 0.3) is 0 Å². The lowest BCUT2D eigenvalue weighted by atomic mass is 10.1. The summed E-state index contributed by atoms with van der Waals surface area (Å²) in [5.41, 5.74) is 0.462. The molecule has 0 fully saturated rings. The summed E-state index contributed by atoms with van der Waals surface area (Å²) >= 11 is 0. The maximum Gasteiger partial charge on any atom is 0.246 e. The van der Waals surface area contributed by atoms with E-state index in [-0.39, 0.29) is 42.0 Å². The highest BCUT2D eigenvalue weighted by molar-refractivity contribution is 14.0. The largest absolute Gasteiger partial charge is 0.377 e. The quantitative estimate of drug-likeness (QED) is 0.350. The van der Waals surface area contributed by atoms with Gasteiger partial charge in [0.05, 0.1) is 5.60 Å². The monoisotopic (exact) mass is 434 g/mol. The van der Waals surface area contributed by atoms with Gasteiger partial charge < -0.3 is 20.7 Å². The SMILES string of the molecule is CCNC(=NCC(=O)Nc1ccccc1)NCC(C)(C)OC.I. The Balaban J connectivity index is 0.00000484. The number of benzene rings is 1. The van der Waals surface area contributed by atoms with Crippen molar-refractivity contribution < 1.29 is 9.53 Å². The van der Waals surface area contributed by atoms with Gasteiger partial charge in [0, 0.05) is 25.9 Å². The summed E-state index contributed by atoms with van der Waals surface area (Å²) in [4.78, 5) is 16.2. The lowest BCUT2D eigenvalue weighted by Gasteiger charge is -2.24. The fraction of sp³-hybridized carbons (Fsp3) is 0.500. The molecule has 0 aliphatic carbocycles. The molecule has 0 saturated heterocycles. The number of nitrogens with zero attached hydrogens (tertiary/aromatic N) is 1. The number of carbonyl (C=O) groups is 1. The van der Waals surface area contributed by atoms with Crippen LogP contribution in [0.4, 0.5) is 5.69 Å². The lowest BCUT2D eigenvalue weighted by Crippen LogP contribution is -2.45. The number of amides is 1. The number of halogens is 1. The van der Waals surface area contributed by atoms with E-state index in [1.165, 1.54) is 0 Å². The van der Waals surface area contributed by atoms with Crippen molar-refractivity contribution in [2.45, 2.75) is 26.4 Å². The zero-order chi connectivity index (χ0) is 16.4. The third-order valence-corrected chi connectivity index (χ3v) is 3.02. The molecule has 1 aromatic carbocycles. The number of anilines is 1. The molecule has 1 aromatic rings. The molecule has 0 spiro atoms. The molecular weight excluding hydrogens is 407 g/mol. The highest BCUT2D eigenvalue weighted by Crippen LogP contribution is 2.05. The maximum absolute atomic E-state index is 11.9. The molecule has 23 heavy (non-hydrogen) atoms. The maximum atomic E-state index is 11.9. The van der Waals surface area contributed by atoms with E-state index in [4.69, 9.17) is 4.74 Å². The van der Waals surface area contributed by atoms with Gasteiger partial charge in [-0.15, -0.1) is 24.0 Å². The predicted octanol–water partition coefficient (Wildman–Crippen LogP) is 2.22. The van der Waals surface area contributed by atoms with Gasteiger partial charge in [0.2, 0.25) is 5.91 Å². The van der Waals surface area contributed by atoms with E-state index in [2.05, 4.69) is 20.9 Å². The molecule has 7 heteroatoms. The number of hydrogen-bond donors (Lipinski definition) is 3. The molecular formula is C16H27IN4O2. The van der Waals surface area contributed by atoms with Crippen LogP contribution in [0.15, 0.2) is 35.3 Å². The molecule has 0 radical (unpaired) electrons. The molecule has 1 rings (SSSR count). The normalized spacial score (nSPS) is 11.4. The molecule has 0 bridgehead atoms. The van der Waals surface area contributed by atoms with Crippen LogP contribution in [0.2, 0.25) is 0 Å². The summed E-state index contributed by atoms with van der Waals surface area (Å²) in [5.74, 6) is 0.435. The molecule has 0 unspecified atom stereocenters. The Kier molecular flexibility index (Phi) is 10.6. The van der Waals surface area contributed by atoms with Gasteiger partial charge in [-0.1, -0.05) is 18.2 Å². The van der Waals surface area contributed by atoms with Crippen molar-refractivity contribution >= 4 is 41.5 Å². The summed E-state index contributed by atoms with van der Waals surface area (Å²) in [6.45, 7) is 7.30. The van der Waals surface area contributed by atoms with Gasteiger partial charge in [-0.05, 0) is 32.9 Å². The summed E-state index contributed by atoms with van der Waals surface area (Å²) < 4.78 is 5.35. The minimum atomic E-state index is -0.303. The number of guanidine groups is 1. The van der Waals surface area contributed by atoms with E-state index in [9.17, 15) is 4.79 Å². The van der Waals surface area contributed by atoms with E-state index >= 15 is 0 Å². The number of para-hydroxylation sites is 1. The molecule has 130 valence electrons. The van der Waals surface area contributed by atoms with Crippen LogP contribution in [-0.4, -0.2) is 44.2 Å². The summed E-state index contributed by atoms with van der Waals surface area (Å²) in [6, 6.07) is 9.32. The average Bonchev–Trinajstić information content (AvgIpc) is 2.51. The smallest absolute Gasteiger partial charge is 0.246 e. The standard InChI is InChI=1S/C16H26N4O2.HI/c1-5-17-15(19-12-16(2,3)22-4)18-11-14(21)20-13-9-7-6-8-10-13;/h6-10H,5,11-12H2,1-4H3,(H,20,21)(H2,17,18,19);1H. The van der Waals surface area contributed by atoms with Crippen LogP contribution in [0.3, 0.4) is 0 Å². The number of methoxy groups -OCH3 is 1. The van der Waals surface area contributed by atoms with Crippen LogP contribution in [0, 0.1) is 0 Å². The first-order chi connectivity index (χ1) is 10.5. The molecule has 6 nitrogen and oxygen atoms in total. The average molecular weight is 434 g/mol. The highest BCUT2D eigenvalue weighted by Gasteiger charge is 2.16. The van der Waals surface area contributed by atoms with Crippen LogP contribution in [0.25, 0.3) is 0 Å². The van der Waals surface area contributed by atoms with Crippen LogP contribution >= 0.6 is 24.0 Å². The topological polar surface area (TPSA) is 74.8 Å². The second kappa shape index (κ2) is 11.2. The molecule has 0 aliphatic rings. The second-order valence-electron chi connectivity index (χ2n) is 5.43. The molecule has 0 atom stereocenters. The molecule has 0 aliphatic heterocycles. The molecule has 0 aromatic heterocycles. The van der Waals surface area contributed by atoms with E-state index in [1.807, 2.05) is 51.1 Å². The van der Waals surface area contributed by atoms with Gasteiger partial charge in [-0.2, -0.15) is 0 Å². The minimum absolute atomic E-state index is 0. The number of rotatable bonds is 7. The van der Waals surface area contributed by atoms with Crippen molar-refractivity contribution in [3.63, 3.8) is 0 Å². The molecule has 0 saturated carbocycles. The third kappa shape index (κ3) is 9.39. The minimum Gasteiger partial charge on any atom is -0.377 e. The Labute approximate surface area is 155 Å². The predicted molar refractivity (Wildman–Crippen MR) is 106 cm³/mol. The van der Waals surface area contributed by atoms with E-state index in [1.54, 1.807) is 7.11 Å². The number of aliphatic imine (C=N–C) groups is 1. The molecule has 3 N–H and O–H groups in total. The zero-order valence-electron chi connectivity index (χ0n) is 14.2. The summed E-state index contributed by atoms with van der Waals surface area (Å²) in [6.07, 6.45) is 0. The van der Waals surface area contributed by atoms with E-state index in [0.717, 1.165) is 12.2 Å². The Morgan fingerprint density at radius 3 is 2.43 bits per heavy atom. The first-order valence-corrected chi connectivity index (χ1v) is 7.39. The van der Waals surface area contributed by atoms with Crippen LogP contribution < -0.4 is 16.0 Å². The second-order valence-corrected chi connectivity index (χ2v) is 5.43. The molecule has 1 amide bonds. The Morgan fingerprint density at radius 2 is 1.87 bits per heavy atom. The van der Waals surface area contributed by atoms with Gasteiger partial charge in [-0.3, -0.25) is 4.79 Å². The number of nitrogens with one attached hydrogen (secondary N) is 3. The Hall–Kier alpha value is -1.35. The van der Waals surface area contributed by atoms with Crippen molar-refractivity contribution in [3.05, 3.63) is 30.3 Å². The Bertz CT molecular complexity index is 492. The van der Waals surface area contributed by atoms with Crippen LogP contribution in [0.5, 0.6) is 0 Å². The fourth-order valence-corrected chi connectivity index (χ4v) is 1.58. The number of hydrogen-bond acceptors (Lipinski definition) is 3. The first kappa shape index (κ1) is 21.6. The van der Waals surface area contributed by atoms with Crippen molar-refractivity contribution in [3.8, 4) is 0 Å². The third-order valence-electron chi connectivity index (χ3n) is 3.02. The van der Waals surface area contributed by atoms with Crippen molar-refractivity contribution in [1.29, 1.82) is 0 Å². The fourth-order valence-electron chi connectivity index (χ4n) is 1.58. The van der Waals surface area contributed by atoms with E-state index < -0.39 is 0 Å². The van der Waals surface area contributed by atoms with Gasteiger partial charge in [-0.25, -0.2) is 4.99 Å². The number of ether oxygens (including phenoxy) is 1. The van der Waals surface area contributed by atoms with Gasteiger partial charge in [0.1, 0.15) is 6.54 Å². The Morgan fingerprint density at radius 1 is 1.22 bits per heavy atom. The van der Waals surface area contributed by atoms with Crippen molar-refractivity contribution in [1.82, 2.24) is 10.6 Å². The van der Waals surface area contributed by atoms with Crippen molar-refractivity contribution in [2.24, 2.45) is 4.99 Å². The number of carbonyl (C=O) groups excluding carboxylic acids is 1. The summed E-state index contributed by atoms with van der Waals surface area (Å²) in [7, 11) is 1.67. The summed E-state index contributed by atoms with van der Waals surface area (Å²) in [5, 5.41) is 9.06. The van der Waals surface area contributed by atoms with E-state index in [0.29, 0.717) is 12.5 Å².